The van der Waals surface area contributed by atoms with E-state index in [1.807, 2.05) is 0 Å². The quantitative estimate of drug-likeness (QED) is 0.787. The first-order valence-corrected chi connectivity index (χ1v) is 7.27. The minimum absolute atomic E-state index is 0.0475. The Kier molecular flexibility index (Phi) is 3.75. The molecule has 114 valence electrons. The van der Waals surface area contributed by atoms with E-state index in [1.54, 1.807) is 24.3 Å². The van der Waals surface area contributed by atoms with Gasteiger partial charge < -0.3 is 4.74 Å². The zero-order valence-electron chi connectivity index (χ0n) is 12.2. The number of carbonyl (C=O) groups is 2. The maximum Gasteiger partial charge on any atom is 0.360 e. The number of fused-ring (bicyclic) bond motifs is 1. The number of rotatable bonds is 2. The number of esters is 1. The van der Waals surface area contributed by atoms with E-state index in [0.29, 0.717) is 23.6 Å². The summed E-state index contributed by atoms with van der Waals surface area (Å²) in [5, 5.41) is 4.86. The highest BCUT2D eigenvalue weighted by Crippen LogP contribution is 2.20. The predicted octanol–water partition coefficient (Wildman–Crippen LogP) is 1.60. The minimum atomic E-state index is -0.695. The maximum absolute atomic E-state index is 12.4. The van der Waals surface area contributed by atoms with E-state index in [2.05, 4.69) is 5.10 Å². The van der Waals surface area contributed by atoms with Crippen LogP contribution in [0.5, 0.6) is 0 Å². The van der Waals surface area contributed by atoms with Crippen LogP contribution in [0.2, 0.25) is 0 Å². The molecule has 1 fully saturated rings. The van der Waals surface area contributed by atoms with Crippen molar-refractivity contribution in [2.75, 3.05) is 0 Å². The van der Waals surface area contributed by atoms with Crippen LogP contribution in [0.3, 0.4) is 0 Å². The Morgan fingerprint density at radius 2 is 1.95 bits per heavy atom. The van der Waals surface area contributed by atoms with Gasteiger partial charge in [0.05, 0.1) is 5.39 Å². The molecule has 2 aromatic rings. The van der Waals surface area contributed by atoms with Crippen LogP contribution >= 0.6 is 0 Å². The molecule has 0 N–H and O–H groups in total. The molecule has 1 aliphatic carbocycles. The van der Waals surface area contributed by atoms with Gasteiger partial charge in [-0.05, 0) is 25.3 Å². The molecule has 0 saturated heterocycles. The first kappa shape index (κ1) is 14.4. The standard InChI is InChI=1S/C16H16N2O4/c1-18-15(20)11-7-3-2-6-10(11)14(17-18)16(21)22-13-9-5-4-8-12(13)19/h2-3,6-7,13H,4-5,8-9H2,1H3. The van der Waals surface area contributed by atoms with Gasteiger partial charge >= 0.3 is 5.97 Å². The summed E-state index contributed by atoms with van der Waals surface area (Å²) in [5.74, 6) is -0.708. The third kappa shape index (κ3) is 2.52. The summed E-state index contributed by atoms with van der Waals surface area (Å²) in [5.41, 5.74) is -0.211. The summed E-state index contributed by atoms with van der Waals surface area (Å²) in [6.45, 7) is 0. The van der Waals surface area contributed by atoms with Crippen LogP contribution in [0.1, 0.15) is 36.2 Å². The molecule has 1 saturated carbocycles. The number of hydrogen-bond donors (Lipinski definition) is 0. The van der Waals surface area contributed by atoms with Crippen LogP contribution in [0, 0.1) is 0 Å². The Morgan fingerprint density at radius 1 is 1.23 bits per heavy atom. The number of benzene rings is 1. The van der Waals surface area contributed by atoms with Gasteiger partial charge in [0.1, 0.15) is 0 Å². The van der Waals surface area contributed by atoms with E-state index in [-0.39, 0.29) is 17.0 Å². The average Bonchev–Trinajstić information content (AvgIpc) is 2.53. The molecule has 1 atom stereocenters. The van der Waals surface area contributed by atoms with Crippen LogP contribution in [-0.2, 0) is 16.6 Å². The largest absolute Gasteiger partial charge is 0.450 e. The van der Waals surface area contributed by atoms with Crippen molar-refractivity contribution in [2.24, 2.45) is 7.05 Å². The summed E-state index contributed by atoms with van der Waals surface area (Å²) in [7, 11) is 1.48. The van der Waals surface area contributed by atoms with Gasteiger partial charge in [-0.3, -0.25) is 9.59 Å². The zero-order chi connectivity index (χ0) is 15.7. The van der Waals surface area contributed by atoms with E-state index >= 15 is 0 Å². The van der Waals surface area contributed by atoms with Crippen LogP contribution in [0.4, 0.5) is 0 Å². The Morgan fingerprint density at radius 3 is 2.68 bits per heavy atom. The summed E-state index contributed by atoms with van der Waals surface area (Å²) in [4.78, 5) is 36.2. The molecule has 1 unspecified atom stereocenters. The second-order valence-corrected chi connectivity index (χ2v) is 5.43. The van der Waals surface area contributed by atoms with Crippen molar-refractivity contribution in [3.05, 3.63) is 40.3 Å². The number of nitrogens with zero attached hydrogens (tertiary/aromatic N) is 2. The van der Waals surface area contributed by atoms with Gasteiger partial charge in [0.15, 0.2) is 17.6 Å². The first-order chi connectivity index (χ1) is 10.6. The van der Waals surface area contributed by atoms with E-state index < -0.39 is 12.1 Å². The van der Waals surface area contributed by atoms with Crippen molar-refractivity contribution in [1.29, 1.82) is 0 Å². The molecule has 3 rings (SSSR count). The van der Waals surface area contributed by atoms with Gasteiger partial charge in [-0.1, -0.05) is 18.2 Å². The molecule has 0 bridgehead atoms. The second-order valence-electron chi connectivity index (χ2n) is 5.43. The Balaban J connectivity index is 1.99. The van der Waals surface area contributed by atoms with E-state index in [1.165, 1.54) is 7.05 Å². The highest BCUT2D eigenvalue weighted by molar-refractivity contribution is 6.03. The number of Topliss-reactive ketones (excluding diaryl/α,β-unsaturated/α-hetero) is 1. The fourth-order valence-corrected chi connectivity index (χ4v) is 2.71. The highest BCUT2D eigenvalue weighted by Gasteiger charge is 2.28. The van der Waals surface area contributed by atoms with Crippen molar-refractivity contribution in [3.8, 4) is 0 Å². The lowest BCUT2D eigenvalue weighted by Crippen LogP contribution is -2.31. The maximum atomic E-state index is 12.4. The molecule has 1 heterocycles. The predicted molar refractivity (Wildman–Crippen MR) is 79.7 cm³/mol. The highest BCUT2D eigenvalue weighted by atomic mass is 16.5. The van der Waals surface area contributed by atoms with E-state index in [9.17, 15) is 14.4 Å². The molecule has 0 radical (unpaired) electrons. The first-order valence-electron chi connectivity index (χ1n) is 7.27. The average molecular weight is 300 g/mol. The smallest absolute Gasteiger partial charge is 0.360 e. The molecule has 1 aliphatic rings. The van der Waals surface area contributed by atoms with E-state index in [0.717, 1.165) is 17.5 Å². The summed E-state index contributed by atoms with van der Waals surface area (Å²) < 4.78 is 6.44. The second kappa shape index (κ2) is 5.71. The lowest BCUT2D eigenvalue weighted by atomic mass is 9.96. The number of hydrogen-bond acceptors (Lipinski definition) is 5. The third-order valence-corrected chi connectivity index (χ3v) is 3.90. The topological polar surface area (TPSA) is 78.3 Å². The molecule has 6 nitrogen and oxygen atoms in total. The summed E-state index contributed by atoms with van der Waals surface area (Å²) in [6.07, 6.45) is 2.01. The van der Waals surface area contributed by atoms with Gasteiger partial charge in [-0.15, -0.1) is 0 Å². The molecule has 1 aromatic heterocycles. The normalized spacial score (nSPS) is 18.4. The number of aryl methyl sites for hydroxylation is 1. The van der Waals surface area contributed by atoms with Gasteiger partial charge in [0.2, 0.25) is 0 Å². The van der Waals surface area contributed by atoms with Gasteiger partial charge in [0, 0.05) is 18.9 Å². The van der Waals surface area contributed by atoms with Gasteiger partial charge in [0.25, 0.3) is 5.56 Å². The molecule has 6 heteroatoms. The molecule has 0 spiro atoms. The molecule has 22 heavy (non-hydrogen) atoms. The fourth-order valence-electron chi connectivity index (χ4n) is 2.71. The van der Waals surface area contributed by atoms with Gasteiger partial charge in [-0.2, -0.15) is 5.10 Å². The Hall–Kier alpha value is -2.50. The minimum Gasteiger partial charge on any atom is -0.450 e. The fraction of sp³-hybridized carbons (Fsp3) is 0.375. The van der Waals surface area contributed by atoms with Crippen molar-refractivity contribution in [1.82, 2.24) is 9.78 Å². The Labute approximate surface area is 126 Å². The SMILES string of the molecule is Cn1nc(C(=O)OC2CCCCC2=O)c2ccccc2c1=O. The number of aromatic nitrogens is 2. The van der Waals surface area contributed by atoms with Crippen LogP contribution in [0.15, 0.2) is 29.1 Å². The summed E-state index contributed by atoms with van der Waals surface area (Å²) in [6, 6.07) is 6.75. The molecular formula is C16H16N2O4. The Bertz CT molecular complexity index is 809. The van der Waals surface area contributed by atoms with Crippen LogP contribution in [0.25, 0.3) is 10.8 Å². The van der Waals surface area contributed by atoms with Crippen molar-refractivity contribution < 1.29 is 14.3 Å². The lowest BCUT2D eigenvalue weighted by Gasteiger charge is -2.20. The third-order valence-electron chi connectivity index (χ3n) is 3.90. The van der Waals surface area contributed by atoms with Crippen molar-refractivity contribution >= 4 is 22.5 Å². The van der Waals surface area contributed by atoms with Crippen molar-refractivity contribution in [2.45, 2.75) is 31.8 Å². The monoisotopic (exact) mass is 300 g/mol. The van der Waals surface area contributed by atoms with Crippen LogP contribution in [-0.4, -0.2) is 27.6 Å². The summed E-state index contributed by atoms with van der Waals surface area (Å²) >= 11 is 0. The van der Waals surface area contributed by atoms with E-state index in [4.69, 9.17) is 4.74 Å². The number of ether oxygens (including phenoxy) is 1. The van der Waals surface area contributed by atoms with Crippen molar-refractivity contribution in [3.63, 3.8) is 0 Å². The number of carbonyl (C=O) groups excluding carboxylic acids is 2. The van der Waals surface area contributed by atoms with Gasteiger partial charge in [-0.25, -0.2) is 9.48 Å². The molecular weight excluding hydrogens is 284 g/mol. The molecule has 0 amide bonds. The van der Waals surface area contributed by atoms with Crippen LogP contribution < -0.4 is 5.56 Å². The molecule has 1 aromatic carbocycles. The number of ketones is 1. The lowest BCUT2D eigenvalue weighted by molar-refractivity contribution is -0.129. The zero-order valence-corrected chi connectivity index (χ0v) is 12.2. The molecule has 0 aliphatic heterocycles.